The van der Waals surface area contributed by atoms with Crippen LogP contribution in [-0.2, 0) is 4.79 Å². The second-order valence-corrected chi connectivity index (χ2v) is 7.22. The zero-order valence-corrected chi connectivity index (χ0v) is 15.7. The number of nitrogens with zero attached hydrogens (tertiary/aromatic N) is 5. The lowest BCUT2D eigenvalue weighted by molar-refractivity contribution is -0.115. The van der Waals surface area contributed by atoms with Crippen LogP contribution in [0.25, 0.3) is 16.6 Å². The van der Waals surface area contributed by atoms with Gasteiger partial charge in [0.25, 0.3) is 5.95 Å². The Morgan fingerprint density at radius 1 is 1.24 bits per heavy atom. The molecule has 0 saturated heterocycles. The molecule has 29 heavy (non-hydrogen) atoms. The lowest BCUT2D eigenvalue weighted by Crippen LogP contribution is -2.27. The fourth-order valence-corrected chi connectivity index (χ4v) is 3.63. The van der Waals surface area contributed by atoms with Gasteiger partial charge in [0.15, 0.2) is 0 Å². The van der Waals surface area contributed by atoms with E-state index in [9.17, 15) is 9.59 Å². The highest BCUT2D eigenvalue weighted by molar-refractivity contribution is 6.05. The normalized spacial score (nSPS) is 16.7. The predicted molar refractivity (Wildman–Crippen MR) is 104 cm³/mol. The van der Waals surface area contributed by atoms with Crippen LogP contribution in [-0.4, -0.2) is 39.0 Å². The van der Waals surface area contributed by atoms with Crippen molar-refractivity contribution >= 4 is 34.9 Å². The molecular weight excluding hydrogens is 372 g/mol. The molecule has 0 radical (unpaired) electrons. The number of amides is 2. The fourth-order valence-electron chi connectivity index (χ4n) is 3.63. The fraction of sp³-hybridized carbons (Fsp3) is 0.250. The van der Waals surface area contributed by atoms with Gasteiger partial charge in [0, 0.05) is 22.6 Å². The minimum atomic E-state index is -0.509. The number of allylic oxidation sites excluding steroid dienone is 1. The van der Waals surface area contributed by atoms with Gasteiger partial charge < -0.3 is 10.3 Å². The summed E-state index contributed by atoms with van der Waals surface area (Å²) in [4.78, 5) is 35.9. The first-order valence-electron chi connectivity index (χ1n) is 9.30. The average Bonchev–Trinajstić information content (AvgIpc) is 3.36. The number of carbonyl (C=O) groups is 2. The highest BCUT2D eigenvalue weighted by Gasteiger charge is 2.34. The van der Waals surface area contributed by atoms with E-state index in [1.807, 2.05) is 11.8 Å². The molecule has 1 saturated carbocycles. The predicted octanol–water partition coefficient (Wildman–Crippen LogP) is 2.22. The number of aromatic nitrogens is 3. The first-order chi connectivity index (χ1) is 14.1. The number of primary amides is 1. The molecule has 146 valence electrons. The van der Waals surface area contributed by atoms with E-state index in [-0.39, 0.29) is 6.67 Å². The summed E-state index contributed by atoms with van der Waals surface area (Å²) >= 11 is 0. The molecule has 1 aliphatic heterocycles. The summed E-state index contributed by atoms with van der Waals surface area (Å²) in [6.07, 6.45) is 2.89. The van der Waals surface area contributed by atoms with Gasteiger partial charge >= 0.3 is 0 Å². The second-order valence-electron chi connectivity index (χ2n) is 7.22. The Balaban J connectivity index is 1.57. The monoisotopic (exact) mass is 390 g/mol. The Morgan fingerprint density at radius 2 is 2.07 bits per heavy atom. The van der Waals surface area contributed by atoms with E-state index in [0.717, 1.165) is 24.9 Å². The number of benzene rings is 1. The van der Waals surface area contributed by atoms with E-state index in [1.165, 1.54) is 0 Å². The van der Waals surface area contributed by atoms with E-state index < -0.39 is 5.91 Å². The standard InChI is InChI=1S/C20H18N6O3/c1-11-17(16-8-7-13-14(18(21)28)3-2-4-15(13)22-16)25(10-27)9-26(11)20-23-19(29-24-20)12-5-6-12/h2-4,7-8,10,12H,5-6,9H2,1H3,(H2,21,28). The number of pyridine rings is 1. The number of fused-ring (bicyclic) bond motifs is 1. The van der Waals surface area contributed by atoms with Crippen LogP contribution in [0.2, 0.25) is 0 Å². The summed E-state index contributed by atoms with van der Waals surface area (Å²) in [6.45, 7) is 2.16. The second kappa shape index (κ2) is 6.40. The van der Waals surface area contributed by atoms with Crippen molar-refractivity contribution in [3.63, 3.8) is 0 Å². The van der Waals surface area contributed by atoms with Crippen LogP contribution in [0.3, 0.4) is 0 Å². The van der Waals surface area contributed by atoms with E-state index in [4.69, 9.17) is 10.3 Å². The SMILES string of the molecule is CC1=C(c2ccc3c(C(N)=O)cccc3n2)N(C=O)CN1c1noc(C2CC2)n1. The third kappa shape index (κ3) is 2.82. The van der Waals surface area contributed by atoms with Crippen molar-refractivity contribution in [2.45, 2.75) is 25.7 Å². The molecule has 3 heterocycles. The quantitative estimate of drug-likeness (QED) is 0.664. The van der Waals surface area contributed by atoms with Crippen molar-refractivity contribution in [1.29, 1.82) is 0 Å². The molecule has 1 aromatic carbocycles. The van der Waals surface area contributed by atoms with Crippen molar-refractivity contribution in [3.8, 4) is 0 Å². The number of hydrogen-bond donors (Lipinski definition) is 1. The van der Waals surface area contributed by atoms with Gasteiger partial charge in [-0.1, -0.05) is 6.07 Å². The molecule has 0 bridgehead atoms. The lowest BCUT2D eigenvalue weighted by Gasteiger charge is -2.15. The van der Waals surface area contributed by atoms with E-state index in [1.54, 1.807) is 35.2 Å². The van der Waals surface area contributed by atoms with E-state index in [2.05, 4.69) is 15.1 Å². The molecule has 1 aliphatic carbocycles. The number of hydrogen-bond acceptors (Lipinski definition) is 7. The average molecular weight is 390 g/mol. The van der Waals surface area contributed by atoms with Gasteiger partial charge in [0.05, 0.1) is 16.9 Å². The first-order valence-corrected chi connectivity index (χ1v) is 9.30. The van der Waals surface area contributed by atoms with E-state index >= 15 is 0 Å². The molecule has 2 amide bonds. The Morgan fingerprint density at radius 3 is 2.79 bits per heavy atom. The Hall–Kier alpha value is -3.75. The molecule has 0 unspecified atom stereocenters. The minimum absolute atomic E-state index is 0.273. The van der Waals surface area contributed by atoms with Crippen molar-refractivity contribution in [2.75, 3.05) is 11.6 Å². The van der Waals surface area contributed by atoms with E-state index in [0.29, 0.717) is 45.6 Å². The number of anilines is 1. The number of nitrogens with two attached hydrogens (primary N) is 1. The molecule has 9 nitrogen and oxygen atoms in total. The van der Waals surface area contributed by atoms with Gasteiger partial charge in [-0.15, -0.1) is 0 Å². The summed E-state index contributed by atoms with van der Waals surface area (Å²) in [5.74, 6) is 0.918. The van der Waals surface area contributed by atoms with Crippen LogP contribution in [0.5, 0.6) is 0 Å². The third-order valence-corrected chi connectivity index (χ3v) is 5.29. The third-order valence-electron chi connectivity index (χ3n) is 5.29. The Labute approximate surface area is 165 Å². The number of carbonyl (C=O) groups excluding carboxylic acids is 2. The number of rotatable bonds is 5. The van der Waals surface area contributed by atoms with Gasteiger partial charge in [-0.2, -0.15) is 4.98 Å². The van der Waals surface area contributed by atoms with Crippen molar-refractivity contribution in [1.82, 2.24) is 20.0 Å². The van der Waals surface area contributed by atoms with Crippen LogP contribution in [0.4, 0.5) is 5.95 Å². The molecule has 2 aliphatic rings. The molecule has 1 fully saturated rings. The van der Waals surface area contributed by atoms with Crippen LogP contribution in [0.15, 0.2) is 40.6 Å². The lowest BCUT2D eigenvalue weighted by atomic mass is 10.1. The first kappa shape index (κ1) is 17.4. The minimum Gasteiger partial charge on any atom is -0.366 e. The molecule has 2 N–H and O–H groups in total. The summed E-state index contributed by atoms with van der Waals surface area (Å²) in [7, 11) is 0. The summed E-state index contributed by atoms with van der Waals surface area (Å²) < 4.78 is 5.36. The maximum Gasteiger partial charge on any atom is 0.271 e. The van der Waals surface area contributed by atoms with Crippen LogP contribution in [0.1, 0.15) is 47.6 Å². The van der Waals surface area contributed by atoms with Gasteiger partial charge in [-0.05, 0) is 49.2 Å². The highest BCUT2D eigenvalue weighted by Crippen LogP contribution is 2.40. The Bertz CT molecular complexity index is 1180. The molecule has 3 aromatic rings. The summed E-state index contributed by atoms with van der Waals surface area (Å²) in [5.41, 5.74) is 8.54. The largest absolute Gasteiger partial charge is 0.366 e. The Kier molecular flexibility index (Phi) is 3.83. The molecule has 0 atom stereocenters. The maximum atomic E-state index is 11.8. The van der Waals surface area contributed by atoms with Gasteiger partial charge in [0.2, 0.25) is 18.2 Å². The zero-order valence-electron chi connectivity index (χ0n) is 15.7. The van der Waals surface area contributed by atoms with Gasteiger partial charge in [0.1, 0.15) is 6.67 Å². The molecular formula is C20H18N6O3. The highest BCUT2D eigenvalue weighted by atomic mass is 16.5. The molecule has 0 spiro atoms. The van der Waals surface area contributed by atoms with Crippen molar-refractivity contribution < 1.29 is 14.1 Å². The van der Waals surface area contributed by atoms with Crippen LogP contribution in [0, 0.1) is 0 Å². The summed E-state index contributed by atoms with van der Waals surface area (Å²) in [5, 5.41) is 4.75. The molecule has 2 aromatic heterocycles. The smallest absolute Gasteiger partial charge is 0.271 e. The van der Waals surface area contributed by atoms with Crippen LogP contribution < -0.4 is 10.6 Å². The molecule has 5 rings (SSSR count). The van der Waals surface area contributed by atoms with Crippen LogP contribution >= 0.6 is 0 Å². The van der Waals surface area contributed by atoms with Crippen molar-refractivity contribution in [3.05, 3.63) is 53.2 Å². The summed E-state index contributed by atoms with van der Waals surface area (Å²) in [6, 6.07) is 8.78. The van der Waals surface area contributed by atoms with Gasteiger partial charge in [-0.25, -0.2) is 4.98 Å². The zero-order chi connectivity index (χ0) is 20.1. The molecule has 9 heteroatoms. The van der Waals surface area contributed by atoms with Gasteiger partial charge in [-0.3, -0.25) is 19.4 Å². The maximum absolute atomic E-state index is 11.8. The topological polar surface area (TPSA) is 118 Å². The van der Waals surface area contributed by atoms with Crippen molar-refractivity contribution in [2.24, 2.45) is 5.73 Å².